The molecule has 1 aromatic heterocycles. The van der Waals surface area contributed by atoms with Gasteiger partial charge < -0.3 is 5.73 Å². The van der Waals surface area contributed by atoms with E-state index in [1.165, 1.54) is 18.3 Å². The Morgan fingerprint density at radius 1 is 1.55 bits per heavy atom. The molecule has 0 spiro atoms. The van der Waals surface area contributed by atoms with Crippen molar-refractivity contribution in [2.24, 2.45) is 5.73 Å². The Balaban J connectivity index is 0.000001000. The Morgan fingerprint density at radius 2 is 2.27 bits per heavy atom. The fourth-order valence-electron chi connectivity index (χ4n) is 0.733. The van der Waals surface area contributed by atoms with Crippen LogP contribution in [-0.4, -0.2) is 11.5 Å². The molecule has 0 fully saturated rings. The molecule has 0 aliphatic carbocycles. The van der Waals surface area contributed by atoms with Crippen LogP contribution in [0.2, 0.25) is 0 Å². The Hall–Kier alpha value is -0.670. The quantitative estimate of drug-likeness (QED) is 0.734. The maximum Gasteiger partial charge on any atom is 0.126 e. The average molecular weight is 177 g/mol. The monoisotopic (exact) mass is 176 g/mol. The van der Waals surface area contributed by atoms with Gasteiger partial charge in [0, 0.05) is 18.3 Å². The zero-order chi connectivity index (χ0) is 7.40. The van der Waals surface area contributed by atoms with Gasteiger partial charge in [0.25, 0.3) is 0 Å². The van der Waals surface area contributed by atoms with E-state index in [-0.39, 0.29) is 18.2 Å². The van der Waals surface area contributed by atoms with Gasteiger partial charge in [-0.2, -0.15) is 0 Å². The number of aromatic nitrogens is 1. The second kappa shape index (κ2) is 5.04. The van der Waals surface area contributed by atoms with E-state index in [1.807, 2.05) is 0 Å². The zero-order valence-electron chi connectivity index (χ0n) is 5.96. The van der Waals surface area contributed by atoms with E-state index in [2.05, 4.69) is 4.98 Å². The highest BCUT2D eigenvalue weighted by Crippen LogP contribution is 1.98. The molecule has 0 unspecified atom stereocenters. The van der Waals surface area contributed by atoms with E-state index in [0.717, 1.165) is 0 Å². The van der Waals surface area contributed by atoms with Crippen molar-refractivity contribution < 1.29 is 4.39 Å². The van der Waals surface area contributed by atoms with Crippen LogP contribution < -0.4 is 5.73 Å². The molecule has 11 heavy (non-hydrogen) atoms. The summed E-state index contributed by atoms with van der Waals surface area (Å²) in [6, 6.07) is 2.72. The molecule has 0 radical (unpaired) electrons. The summed E-state index contributed by atoms with van der Waals surface area (Å²) in [7, 11) is 0. The summed E-state index contributed by atoms with van der Waals surface area (Å²) in [5.74, 6) is -0.251. The molecule has 0 saturated heterocycles. The summed E-state index contributed by atoms with van der Waals surface area (Å²) in [5.41, 5.74) is 5.96. The van der Waals surface area contributed by atoms with Crippen molar-refractivity contribution in [2.45, 2.75) is 6.42 Å². The van der Waals surface area contributed by atoms with E-state index in [4.69, 9.17) is 5.73 Å². The SMILES string of the molecule is Cl.NCCc1cc(F)ccn1. The Labute approximate surface area is 71.0 Å². The first kappa shape index (κ1) is 10.3. The average Bonchev–Trinajstić information content (AvgIpc) is 1.88. The lowest BCUT2D eigenvalue weighted by Gasteiger charge is -1.95. The number of hydrogen-bond donors (Lipinski definition) is 1. The molecule has 1 heterocycles. The van der Waals surface area contributed by atoms with Crippen molar-refractivity contribution in [3.8, 4) is 0 Å². The number of halogens is 2. The molecule has 0 amide bonds. The van der Waals surface area contributed by atoms with Gasteiger partial charge in [-0.15, -0.1) is 12.4 Å². The topological polar surface area (TPSA) is 38.9 Å². The third-order valence-corrected chi connectivity index (χ3v) is 1.18. The number of nitrogens with zero attached hydrogens (tertiary/aromatic N) is 1. The van der Waals surface area contributed by atoms with E-state index in [1.54, 1.807) is 0 Å². The Kier molecular flexibility index (Phi) is 4.74. The lowest BCUT2D eigenvalue weighted by molar-refractivity contribution is 0.621. The van der Waals surface area contributed by atoms with Crippen LogP contribution in [0.15, 0.2) is 18.3 Å². The third kappa shape index (κ3) is 3.30. The maximum atomic E-state index is 12.4. The largest absolute Gasteiger partial charge is 0.330 e. The normalized spacial score (nSPS) is 8.91. The van der Waals surface area contributed by atoms with Gasteiger partial charge in [-0.1, -0.05) is 0 Å². The van der Waals surface area contributed by atoms with Gasteiger partial charge >= 0.3 is 0 Å². The zero-order valence-corrected chi connectivity index (χ0v) is 6.77. The molecule has 2 N–H and O–H groups in total. The predicted molar refractivity (Wildman–Crippen MR) is 44.2 cm³/mol. The van der Waals surface area contributed by atoms with Gasteiger partial charge in [-0.3, -0.25) is 4.98 Å². The highest BCUT2D eigenvalue weighted by Gasteiger charge is 1.93. The predicted octanol–water partition coefficient (Wildman–Crippen LogP) is 1.14. The van der Waals surface area contributed by atoms with Gasteiger partial charge in [0.15, 0.2) is 0 Å². The molecule has 0 saturated carbocycles. The van der Waals surface area contributed by atoms with Gasteiger partial charge in [0.2, 0.25) is 0 Å². The number of rotatable bonds is 2. The molecule has 4 heteroatoms. The first-order chi connectivity index (χ1) is 4.83. The van der Waals surface area contributed by atoms with Gasteiger partial charge in [0.1, 0.15) is 5.82 Å². The van der Waals surface area contributed by atoms with E-state index < -0.39 is 0 Å². The van der Waals surface area contributed by atoms with Crippen LogP contribution in [0, 0.1) is 5.82 Å². The second-order valence-corrected chi connectivity index (χ2v) is 2.00. The van der Waals surface area contributed by atoms with Crippen LogP contribution in [-0.2, 0) is 6.42 Å². The van der Waals surface area contributed by atoms with Crippen LogP contribution in [0.5, 0.6) is 0 Å². The van der Waals surface area contributed by atoms with Crippen molar-refractivity contribution in [2.75, 3.05) is 6.54 Å². The number of pyridine rings is 1. The minimum absolute atomic E-state index is 0. The first-order valence-corrected chi connectivity index (χ1v) is 3.13. The lowest BCUT2D eigenvalue weighted by Crippen LogP contribution is -2.04. The fourth-order valence-corrected chi connectivity index (χ4v) is 0.733. The first-order valence-electron chi connectivity index (χ1n) is 3.13. The molecule has 0 atom stereocenters. The molecule has 1 rings (SSSR count). The summed E-state index contributed by atoms with van der Waals surface area (Å²) in [6.45, 7) is 0.510. The van der Waals surface area contributed by atoms with E-state index in [0.29, 0.717) is 18.7 Å². The minimum atomic E-state index is -0.251. The fraction of sp³-hybridized carbons (Fsp3) is 0.286. The summed E-state index contributed by atoms with van der Waals surface area (Å²) >= 11 is 0. The van der Waals surface area contributed by atoms with Crippen LogP contribution in [0.3, 0.4) is 0 Å². The Bertz CT molecular complexity index is 217. The minimum Gasteiger partial charge on any atom is -0.330 e. The van der Waals surface area contributed by atoms with Gasteiger partial charge in [0.05, 0.1) is 0 Å². The van der Waals surface area contributed by atoms with Crippen molar-refractivity contribution in [1.82, 2.24) is 4.98 Å². The second-order valence-electron chi connectivity index (χ2n) is 2.00. The molecule has 0 aliphatic heterocycles. The van der Waals surface area contributed by atoms with Crippen LogP contribution in [0.4, 0.5) is 4.39 Å². The number of hydrogen-bond acceptors (Lipinski definition) is 2. The van der Waals surface area contributed by atoms with E-state index in [9.17, 15) is 4.39 Å². The van der Waals surface area contributed by atoms with Crippen LogP contribution >= 0.6 is 12.4 Å². The van der Waals surface area contributed by atoms with Crippen molar-refractivity contribution >= 4 is 12.4 Å². The summed E-state index contributed by atoms with van der Waals surface area (Å²) < 4.78 is 12.4. The van der Waals surface area contributed by atoms with Crippen molar-refractivity contribution in [3.05, 3.63) is 29.8 Å². The smallest absolute Gasteiger partial charge is 0.126 e. The van der Waals surface area contributed by atoms with Crippen molar-refractivity contribution in [1.29, 1.82) is 0 Å². The molecular formula is C7H10ClFN2. The standard InChI is InChI=1S/C7H9FN2.ClH/c8-6-2-4-10-7(5-6)1-3-9;/h2,4-5H,1,3,9H2;1H. The molecule has 0 aliphatic rings. The molecule has 2 nitrogen and oxygen atoms in total. The van der Waals surface area contributed by atoms with E-state index >= 15 is 0 Å². The highest BCUT2D eigenvalue weighted by molar-refractivity contribution is 5.85. The molecular weight excluding hydrogens is 167 g/mol. The molecule has 62 valence electrons. The van der Waals surface area contributed by atoms with Crippen molar-refractivity contribution in [3.63, 3.8) is 0 Å². The van der Waals surface area contributed by atoms with Crippen LogP contribution in [0.1, 0.15) is 5.69 Å². The number of nitrogens with two attached hydrogens (primary N) is 1. The molecule has 0 aromatic carbocycles. The maximum absolute atomic E-state index is 12.4. The summed E-state index contributed by atoms with van der Waals surface area (Å²) in [4.78, 5) is 3.91. The summed E-state index contributed by atoms with van der Waals surface area (Å²) in [5, 5.41) is 0. The molecule has 0 bridgehead atoms. The molecule has 1 aromatic rings. The van der Waals surface area contributed by atoms with Gasteiger partial charge in [-0.25, -0.2) is 4.39 Å². The van der Waals surface area contributed by atoms with Crippen LogP contribution in [0.25, 0.3) is 0 Å². The lowest BCUT2D eigenvalue weighted by atomic mass is 10.3. The third-order valence-electron chi connectivity index (χ3n) is 1.18. The summed E-state index contributed by atoms with van der Waals surface area (Å²) in [6.07, 6.45) is 2.08. The van der Waals surface area contributed by atoms with Gasteiger partial charge in [-0.05, 0) is 18.7 Å². The Morgan fingerprint density at radius 3 is 2.82 bits per heavy atom. The highest BCUT2D eigenvalue weighted by atomic mass is 35.5.